The van der Waals surface area contributed by atoms with Crippen molar-refractivity contribution < 1.29 is 23.1 Å². The first-order valence-electron chi connectivity index (χ1n) is 8.65. The standard InChI is InChI=1S/C17H24Cl2N2O5S/c1-11(2)16(21-7-4-8-27(21,24)25)17(23)20-9-12(22)10-26-14-6-3-5-13(18)15(14)19/h3,5-6,11-12,16,22H,4,7-10H2,1-2H3,(H,20,23)/t12-,16+/m0/s1. The molecule has 0 unspecified atom stereocenters. The number of amides is 1. The van der Waals surface area contributed by atoms with Gasteiger partial charge in [0.15, 0.2) is 0 Å². The fourth-order valence-electron chi connectivity index (χ4n) is 2.90. The molecule has 1 heterocycles. The van der Waals surface area contributed by atoms with Crippen LogP contribution in [0.25, 0.3) is 0 Å². The van der Waals surface area contributed by atoms with E-state index in [0.29, 0.717) is 23.7 Å². The van der Waals surface area contributed by atoms with Crippen molar-refractivity contribution in [2.24, 2.45) is 5.92 Å². The van der Waals surface area contributed by atoms with E-state index in [2.05, 4.69) is 5.32 Å². The van der Waals surface area contributed by atoms with Gasteiger partial charge in [-0.2, -0.15) is 4.31 Å². The highest BCUT2D eigenvalue weighted by Gasteiger charge is 2.39. The van der Waals surface area contributed by atoms with Crippen LogP contribution in [0.2, 0.25) is 10.0 Å². The average Bonchev–Trinajstić information content (AvgIpc) is 2.93. The van der Waals surface area contributed by atoms with Gasteiger partial charge in [0.25, 0.3) is 0 Å². The molecule has 1 fully saturated rings. The summed E-state index contributed by atoms with van der Waals surface area (Å²) in [5, 5.41) is 13.2. The van der Waals surface area contributed by atoms with E-state index in [1.54, 1.807) is 32.0 Å². The molecule has 1 saturated heterocycles. The molecule has 0 spiro atoms. The van der Waals surface area contributed by atoms with Crippen LogP contribution in [0.4, 0.5) is 0 Å². The summed E-state index contributed by atoms with van der Waals surface area (Å²) in [4.78, 5) is 12.5. The van der Waals surface area contributed by atoms with Crippen molar-refractivity contribution in [3.63, 3.8) is 0 Å². The third kappa shape index (κ3) is 5.71. The van der Waals surface area contributed by atoms with E-state index in [-0.39, 0.29) is 29.8 Å². The molecular formula is C17H24Cl2N2O5S. The quantitative estimate of drug-likeness (QED) is 0.645. The van der Waals surface area contributed by atoms with Crippen LogP contribution in [-0.4, -0.2) is 61.3 Å². The highest BCUT2D eigenvalue weighted by molar-refractivity contribution is 7.89. The van der Waals surface area contributed by atoms with Crippen LogP contribution in [0, 0.1) is 5.92 Å². The number of halogens is 2. The van der Waals surface area contributed by atoms with Crippen molar-refractivity contribution >= 4 is 39.1 Å². The van der Waals surface area contributed by atoms with Gasteiger partial charge < -0.3 is 15.2 Å². The molecule has 1 aromatic carbocycles. The minimum Gasteiger partial charge on any atom is -0.489 e. The summed E-state index contributed by atoms with van der Waals surface area (Å²) in [6, 6.07) is 4.10. The lowest BCUT2D eigenvalue weighted by atomic mass is 10.0. The van der Waals surface area contributed by atoms with E-state index in [4.69, 9.17) is 27.9 Å². The number of hydrogen-bond donors (Lipinski definition) is 2. The highest BCUT2D eigenvalue weighted by Crippen LogP contribution is 2.31. The predicted molar refractivity (Wildman–Crippen MR) is 105 cm³/mol. The topological polar surface area (TPSA) is 95.9 Å². The van der Waals surface area contributed by atoms with E-state index in [1.807, 2.05) is 0 Å². The molecule has 0 aliphatic carbocycles. The van der Waals surface area contributed by atoms with Crippen molar-refractivity contribution in [3.05, 3.63) is 28.2 Å². The summed E-state index contributed by atoms with van der Waals surface area (Å²) in [5.41, 5.74) is 0. The van der Waals surface area contributed by atoms with Gasteiger partial charge in [-0.15, -0.1) is 0 Å². The second kappa shape index (κ2) is 9.43. The minimum atomic E-state index is -3.41. The maximum atomic E-state index is 12.5. The van der Waals surface area contributed by atoms with Crippen LogP contribution in [0.5, 0.6) is 5.75 Å². The Balaban J connectivity index is 1.90. The number of carbonyl (C=O) groups is 1. The Labute approximate surface area is 169 Å². The van der Waals surface area contributed by atoms with E-state index in [0.717, 1.165) is 0 Å². The molecule has 0 bridgehead atoms. The van der Waals surface area contributed by atoms with Gasteiger partial charge in [-0.05, 0) is 24.5 Å². The molecule has 0 saturated carbocycles. The molecule has 1 amide bonds. The Morgan fingerprint density at radius 1 is 1.37 bits per heavy atom. The maximum Gasteiger partial charge on any atom is 0.238 e. The second-order valence-corrected chi connectivity index (χ2v) is 9.56. The molecule has 1 aliphatic rings. The van der Waals surface area contributed by atoms with E-state index >= 15 is 0 Å². The molecule has 0 aromatic heterocycles. The second-order valence-electron chi connectivity index (χ2n) is 6.73. The lowest BCUT2D eigenvalue weighted by molar-refractivity contribution is -0.126. The number of ether oxygens (including phenoxy) is 1. The Hall–Kier alpha value is -1.06. The number of sulfonamides is 1. The zero-order valence-electron chi connectivity index (χ0n) is 15.2. The number of carbonyl (C=O) groups excluding carboxylic acids is 1. The lowest BCUT2D eigenvalue weighted by Crippen LogP contribution is -2.52. The highest BCUT2D eigenvalue weighted by atomic mass is 35.5. The third-order valence-corrected chi connectivity index (χ3v) is 6.94. The number of aliphatic hydroxyl groups is 1. The van der Waals surface area contributed by atoms with Gasteiger partial charge in [0.1, 0.15) is 29.5 Å². The number of rotatable bonds is 8. The fraction of sp³-hybridized carbons (Fsp3) is 0.588. The van der Waals surface area contributed by atoms with Crippen LogP contribution in [0.1, 0.15) is 20.3 Å². The monoisotopic (exact) mass is 438 g/mol. The molecule has 10 heteroatoms. The SMILES string of the molecule is CC(C)[C@H](C(=O)NC[C@H](O)COc1cccc(Cl)c1Cl)N1CCCS1(=O)=O. The van der Waals surface area contributed by atoms with Crippen molar-refractivity contribution in [1.82, 2.24) is 9.62 Å². The largest absolute Gasteiger partial charge is 0.489 e. The van der Waals surface area contributed by atoms with Crippen LogP contribution < -0.4 is 10.1 Å². The summed E-state index contributed by atoms with van der Waals surface area (Å²) < 4.78 is 30.9. The predicted octanol–water partition coefficient (Wildman–Crippen LogP) is 1.91. The van der Waals surface area contributed by atoms with E-state index in [9.17, 15) is 18.3 Å². The third-order valence-electron chi connectivity index (χ3n) is 4.21. The summed E-state index contributed by atoms with van der Waals surface area (Å²) in [6.45, 7) is 3.73. The maximum absolute atomic E-state index is 12.5. The summed E-state index contributed by atoms with van der Waals surface area (Å²) in [7, 11) is -3.41. The number of nitrogens with zero attached hydrogens (tertiary/aromatic N) is 1. The van der Waals surface area contributed by atoms with Crippen LogP contribution in [0.15, 0.2) is 18.2 Å². The fourth-order valence-corrected chi connectivity index (χ4v) is 5.07. The summed E-state index contributed by atoms with van der Waals surface area (Å²) >= 11 is 11.9. The molecule has 152 valence electrons. The minimum absolute atomic E-state index is 0.0559. The molecule has 2 rings (SSSR count). The zero-order valence-corrected chi connectivity index (χ0v) is 17.5. The molecule has 2 N–H and O–H groups in total. The van der Waals surface area contributed by atoms with Crippen LogP contribution >= 0.6 is 23.2 Å². The Morgan fingerprint density at radius 2 is 2.07 bits per heavy atom. The number of hydrogen-bond acceptors (Lipinski definition) is 5. The van der Waals surface area contributed by atoms with Gasteiger partial charge in [0.2, 0.25) is 15.9 Å². The molecule has 2 atom stereocenters. The van der Waals surface area contributed by atoms with Gasteiger partial charge >= 0.3 is 0 Å². The van der Waals surface area contributed by atoms with E-state index in [1.165, 1.54) is 4.31 Å². The normalized spacial score (nSPS) is 19.0. The first kappa shape index (κ1) is 22.2. The first-order valence-corrected chi connectivity index (χ1v) is 11.0. The Morgan fingerprint density at radius 3 is 2.67 bits per heavy atom. The van der Waals surface area contributed by atoms with Crippen molar-refractivity contribution in [2.45, 2.75) is 32.4 Å². The number of nitrogens with one attached hydrogen (secondary N) is 1. The van der Waals surface area contributed by atoms with Crippen LogP contribution in [0.3, 0.4) is 0 Å². The van der Waals surface area contributed by atoms with Crippen molar-refractivity contribution in [1.29, 1.82) is 0 Å². The molecule has 1 aliphatic heterocycles. The van der Waals surface area contributed by atoms with Gasteiger partial charge in [-0.25, -0.2) is 8.42 Å². The Bertz CT molecular complexity index is 773. The van der Waals surface area contributed by atoms with Gasteiger partial charge in [0, 0.05) is 13.1 Å². The molecule has 7 nitrogen and oxygen atoms in total. The number of benzene rings is 1. The number of aliphatic hydroxyl groups excluding tert-OH is 1. The molecule has 0 radical (unpaired) electrons. The van der Waals surface area contributed by atoms with Crippen molar-refractivity contribution in [3.8, 4) is 5.75 Å². The van der Waals surface area contributed by atoms with Gasteiger partial charge in [-0.1, -0.05) is 43.1 Å². The zero-order chi connectivity index (χ0) is 20.2. The molecule has 27 heavy (non-hydrogen) atoms. The van der Waals surface area contributed by atoms with Crippen LogP contribution in [-0.2, 0) is 14.8 Å². The Kier molecular flexibility index (Phi) is 7.76. The smallest absolute Gasteiger partial charge is 0.238 e. The molecular weight excluding hydrogens is 415 g/mol. The summed E-state index contributed by atoms with van der Waals surface area (Å²) in [5.74, 6) is -0.245. The van der Waals surface area contributed by atoms with E-state index < -0.39 is 28.1 Å². The average molecular weight is 439 g/mol. The van der Waals surface area contributed by atoms with Gasteiger partial charge in [0.05, 0.1) is 10.8 Å². The molecule has 1 aromatic rings. The van der Waals surface area contributed by atoms with Gasteiger partial charge in [-0.3, -0.25) is 4.79 Å². The summed E-state index contributed by atoms with van der Waals surface area (Å²) in [6.07, 6.45) is -0.484. The lowest BCUT2D eigenvalue weighted by Gasteiger charge is -2.28. The first-order chi connectivity index (χ1) is 12.6. The van der Waals surface area contributed by atoms with Crippen molar-refractivity contribution in [2.75, 3.05) is 25.4 Å².